The summed E-state index contributed by atoms with van der Waals surface area (Å²) in [6.07, 6.45) is 7.23. The molecule has 0 saturated heterocycles. The van der Waals surface area contributed by atoms with Gasteiger partial charge in [-0.15, -0.1) is 0 Å². The Bertz CT molecular complexity index is 3110. The van der Waals surface area contributed by atoms with Crippen LogP contribution in [0.5, 0.6) is 0 Å². The maximum atomic E-state index is 2.41. The lowest BCUT2D eigenvalue weighted by molar-refractivity contribution is 0.705. The SMILES string of the molecule is CC1(C)C(c2ccc(N(c3ccc(C4=Cc5cc6ccccc6cc5C4(C)C)cc3)c3ccc(C4=Cc5cc6ccccc6cc5C4(C)C)cc3)cc2)=Cc2cc3ccccc3cc21. The highest BCUT2D eigenvalue weighted by Gasteiger charge is 2.37. The van der Waals surface area contributed by atoms with Crippen LogP contribution in [0.3, 0.4) is 0 Å². The van der Waals surface area contributed by atoms with Gasteiger partial charge in [0.05, 0.1) is 0 Å². The van der Waals surface area contributed by atoms with Crippen LogP contribution in [0.25, 0.3) is 67.3 Å². The number of anilines is 3. The van der Waals surface area contributed by atoms with Crippen LogP contribution in [0.4, 0.5) is 17.1 Å². The second-order valence-corrected chi connectivity index (χ2v) is 19.9. The highest BCUT2D eigenvalue weighted by Crippen LogP contribution is 2.51. The Labute approximate surface area is 377 Å². The van der Waals surface area contributed by atoms with Gasteiger partial charge in [-0.1, -0.05) is 151 Å². The number of allylic oxidation sites excluding steroid dienone is 3. The largest absolute Gasteiger partial charge is 0.311 e. The third kappa shape index (κ3) is 5.91. The molecule has 308 valence electrons. The predicted octanol–water partition coefficient (Wildman–Crippen LogP) is 17.1. The van der Waals surface area contributed by atoms with Crippen molar-refractivity contribution < 1.29 is 0 Å². The molecule has 0 heterocycles. The van der Waals surface area contributed by atoms with Crippen molar-refractivity contribution in [3.63, 3.8) is 0 Å². The number of benzene rings is 9. The molecule has 12 rings (SSSR count). The fraction of sp³-hybridized carbons (Fsp3) is 0.143. The summed E-state index contributed by atoms with van der Waals surface area (Å²) in [7, 11) is 0. The summed E-state index contributed by atoms with van der Waals surface area (Å²) in [5, 5.41) is 7.74. The van der Waals surface area contributed by atoms with E-state index in [1.54, 1.807) is 0 Å². The number of hydrogen-bond acceptors (Lipinski definition) is 1. The highest BCUT2D eigenvalue weighted by molar-refractivity contribution is 6.01. The smallest absolute Gasteiger partial charge is 0.0462 e. The van der Waals surface area contributed by atoms with E-state index in [9.17, 15) is 0 Å². The Hall–Kier alpha value is -7.22. The average molecular weight is 822 g/mol. The molecule has 64 heavy (non-hydrogen) atoms. The maximum absolute atomic E-state index is 2.41. The molecule has 1 heteroatoms. The second kappa shape index (κ2) is 13.9. The van der Waals surface area contributed by atoms with Gasteiger partial charge in [0.1, 0.15) is 0 Å². The van der Waals surface area contributed by atoms with Crippen molar-refractivity contribution in [3.05, 3.63) is 232 Å². The number of rotatable bonds is 6. The fourth-order valence-corrected chi connectivity index (χ4v) is 11.3. The lowest BCUT2D eigenvalue weighted by atomic mass is 9.78. The number of hydrogen-bond donors (Lipinski definition) is 0. The summed E-state index contributed by atoms with van der Waals surface area (Å²) in [5.74, 6) is 0. The number of nitrogens with zero attached hydrogens (tertiary/aromatic N) is 1. The van der Waals surface area contributed by atoms with Crippen molar-refractivity contribution >= 4 is 84.3 Å². The number of fused-ring (bicyclic) bond motifs is 6. The van der Waals surface area contributed by atoms with Crippen molar-refractivity contribution in [2.75, 3.05) is 4.90 Å². The quantitative estimate of drug-likeness (QED) is 0.161. The molecule has 9 aromatic rings. The normalized spacial score (nSPS) is 16.3. The van der Waals surface area contributed by atoms with Gasteiger partial charge in [0, 0.05) is 33.3 Å². The van der Waals surface area contributed by atoms with Gasteiger partial charge in [0.15, 0.2) is 0 Å². The minimum atomic E-state index is -0.115. The Balaban J connectivity index is 0.915. The molecular weight excluding hydrogens is 771 g/mol. The standard InChI is InChI=1S/C63H51N/c1-61(2)55(37-49-31-43-13-7-10-16-46(43)34-58(49)61)40-19-25-52(26-20-40)64(53-27-21-41(22-28-53)56-38-50-32-44-14-8-11-17-47(44)35-59(50)62(56,3)4)54-29-23-42(24-30-54)57-39-51-33-45-15-9-12-18-48(45)36-60(51)63(57,5)6/h7-39H,1-6H3. The van der Waals surface area contributed by atoms with E-state index >= 15 is 0 Å². The minimum absolute atomic E-state index is 0.115. The van der Waals surface area contributed by atoms with Crippen molar-refractivity contribution in [2.24, 2.45) is 0 Å². The molecule has 0 saturated carbocycles. The lowest BCUT2D eigenvalue weighted by Gasteiger charge is -2.29. The Morgan fingerprint density at radius 1 is 0.281 bits per heavy atom. The molecule has 0 spiro atoms. The Kier molecular flexibility index (Phi) is 8.35. The van der Waals surface area contributed by atoms with Crippen LogP contribution in [0.2, 0.25) is 0 Å². The van der Waals surface area contributed by atoms with E-state index in [1.165, 1.54) is 99.1 Å². The van der Waals surface area contributed by atoms with E-state index in [1.807, 2.05) is 0 Å². The molecule has 0 amide bonds. The molecule has 0 atom stereocenters. The van der Waals surface area contributed by atoms with Crippen molar-refractivity contribution in [3.8, 4) is 0 Å². The molecule has 0 radical (unpaired) electrons. The molecule has 0 aromatic heterocycles. The molecule has 9 aromatic carbocycles. The zero-order valence-corrected chi connectivity index (χ0v) is 37.5. The fourth-order valence-electron chi connectivity index (χ4n) is 11.3. The van der Waals surface area contributed by atoms with Gasteiger partial charge in [-0.25, -0.2) is 0 Å². The summed E-state index contributed by atoms with van der Waals surface area (Å²) < 4.78 is 0. The van der Waals surface area contributed by atoms with Gasteiger partial charge >= 0.3 is 0 Å². The van der Waals surface area contributed by atoms with Crippen LogP contribution in [-0.4, -0.2) is 0 Å². The average Bonchev–Trinajstić information content (AvgIpc) is 3.84. The van der Waals surface area contributed by atoms with Crippen molar-refractivity contribution in [1.29, 1.82) is 0 Å². The lowest BCUT2D eigenvalue weighted by Crippen LogP contribution is -2.17. The molecule has 3 aliphatic rings. The van der Waals surface area contributed by atoms with Crippen LogP contribution >= 0.6 is 0 Å². The minimum Gasteiger partial charge on any atom is -0.311 e. The predicted molar refractivity (Wildman–Crippen MR) is 276 cm³/mol. The van der Waals surface area contributed by atoms with Crippen LogP contribution in [0, 0.1) is 0 Å². The van der Waals surface area contributed by atoms with Crippen LogP contribution in [-0.2, 0) is 16.2 Å². The third-order valence-electron chi connectivity index (χ3n) is 15.0. The van der Waals surface area contributed by atoms with Gasteiger partial charge in [0.2, 0.25) is 0 Å². The summed E-state index contributed by atoms with van der Waals surface area (Å²) in [4.78, 5) is 2.41. The first-order valence-electron chi connectivity index (χ1n) is 22.8. The van der Waals surface area contributed by atoms with E-state index in [4.69, 9.17) is 0 Å². The van der Waals surface area contributed by atoms with E-state index in [2.05, 4.69) is 247 Å². The van der Waals surface area contributed by atoms with Crippen molar-refractivity contribution in [2.45, 2.75) is 57.8 Å². The van der Waals surface area contributed by atoms with Gasteiger partial charge in [-0.2, -0.15) is 0 Å². The highest BCUT2D eigenvalue weighted by atomic mass is 15.1. The van der Waals surface area contributed by atoms with Crippen LogP contribution in [0.1, 0.15) is 91.6 Å². The van der Waals surface area contributed by atoms with Gasteiger partial charge < -0.3 is 4.90 Å². The third-order valence-corrected chi connectivity index (χ3v) is 15.0. The second-order valence-electron chi connectivity index (χ2n) is 19.9. The van der Waals surface area contributed by atoms with E-state index in [0.29, 0.717) is 0 Å². The zero-order valence-electron chi connectivity index (χ0n) is 37.5. The first kappa shape index (κ1) is 38.5. The summed E-state index contributed by atoms with van der Waals surface area (Å²) in [6.45, 7) is 14.2. The van der Waals surface area contributed by atoms with Gasteiger partial charge in [-0.3, -0.25) is 0 Å². The molecule has 0 bridgehead atoms. The van der Waals surface area contributed by atoms with Crippen molar-refractivity contribution in [1.82, 2.24) is 0 Å². The Morgan fingerprint density at radius 3 is 0.766 bits per heavy atom. The summed E-state index contributed by atoms with van der Waals surface area (Å²) in [5.41, 5.74) is 19.0. The topological polar surface area (TPSA) is 3.24 Å². The van der Waals surface area contributed by atoms with Crippen LogP contribution in [0.15, 0.2) is 182 Å². The van der Waals surface area contributed by atoms with E-state index in [0.717, 1.165) is 17.1 Å². The molecule has 3 aliphatic carbocycles. The van der Waals surface area contributed by atoms with E-state index in [-0.39, 0.29) is 16.2 Å². The maximum Gasteiger partial charge on any atom is 0.0462 e. The first-order valence-corrected chi connectivity index (χ1v) is 22.8. The van der Waals surface area contributed by atoms with E-state index < -0.39 is 0 Å². The molecule has 0 aliphatic heterocycles. The molecule has 0 N–H and O–H groups in total. The van der Waals surface area contributed by atoms with Gasteiger partial charge in [0.25, 0.3) is 0 Å². The molecule has 1 nitrogen and oxygen atoms in total. The summed E-state index contributed by atoms with van der Waals surface area (Å²) >= 11 is 0. The molecule has 0 fully saturated rings. The Morgan fingerprint density at radius 2 is 0.516 bits per heavy atom. The zero-order chi connectivity index (χ0) is 43.5. The summed E-state index contributed by atoms with van der Waals surface area (Å²) in [6, 6.07) is 68.2. The first-order chi connectivity index (χ1) is 30.9. The molecule has 0 unspecified atom stereocenters. The van der Waals surface area contributed by atoms with Gasteiger partial charge in [-0.05, 0) is 190 Å². The molecular formula is C63H51N. The monoisotopic (exact) mass is 821 g/mol. The van der Waals surface area contributed by atoms with Crippen LogP contribution < -0.4 is 4.90 Å².